The molecular weight excluding hydrogens is 368 g/mol. The molecule has 2 N–H and O–H groups in total. The molecule has 0 aliphatic heterocycles. The maximum absolute atomic E-state index is 12.5. The van der Waals surface area contributed by atoms with E-state index < -0.39 is 0 Å². The van der Waals surface area contributed by atoms with Gasteiger partial charge in [0.05, 0.1) is 8.66 Å². The molecule has 1 amide bonds. The highest BCUT2D eigenvalue weighted by molar-refractivity contribution is 9.11. The summed E-state index contributed by atoms with van der Waals surface area (Å²) in [4.78, 5) is 15.0. The molecule has 2 aromatic heterocycles. The number of halogens is 1. The van der Waals surface area contributed by atoms with Gasteiger partial charge in [0.1, 0.15) is 0 Å². The molecule has 21 heavy (non-hydrogen) atoms. The second-order valence-electron chi connectivity index (χ2n) is 4.83. The molecule has 3 aromatic rings. The number of nitrogens with zero attached hydrogens (tertiary/aromatic N) is 1. The molecule has 0 aliphatic carbocycles. The molecule has 108 valence electrons. The number of benzene rings is 1. The molecule has 0 saturated heterocycles. The van der Waals surface area contributed by atoms with Crippen LogP contribution in [0.15, 0.2) is 39.5 Å². The van der Waals surface area contributed by atoms with Gasteiger partial charge in [0.15, 0.2) is 0 Å². The van der Waals surface area contributed by atoms with Crippen LogP contribution in [0.1, 0.15) is 15.2 Å². The van der Waals surface area contributed by atoms with Crippen molar-refractivity contribution in [2.24, 2.45) is 0 Å². The van der Waals surface area contributed by atoms with Crippen molar-refractivity contribution in [3.8, 4) is 0 Å². The summed E-state index contributed by atoms with van der Waals surface area (Å²) >= 11 is 6.57. The summed E-state index contributed by atoms with van der Waals surface area (Å²) in [5.74, 6) is 0.0390. The van der Waals surface area contributed by atoms with Gasteiger partial charge >= 0.3 is 0 Å². The van der Waals surface area contributed by atoms with Crippen molar-refractivity contribution in [3.63, 3.8) is 0 Å². The first kappa shape index (κ1) is 14.6. The predicted molar refractivity (Wildman–Crippen MR) is 94.1 cm³/mol. The summed E-state index contributed by atoms with van der Waals surface area (Å²) in [5.41, 5.74) is 7.63. The fourth-order valence-electron chi connectivity index (χ4n) is 2.13. The van der Waals surface area contributed by atoms with Crippen LogP contribution in [0.5, 0.6) is 0 Å². The molecule has 0 saturated carbocycles. The predicted octanol–water partition coefficient (Wildman–Crippen LogP) is 4.58. The first-order valence-electron chi connectivity index (χ1n) is 6.30. The van der Waals surface area contributed by atoms with Crippen molar-refractivity contribution in [3.05, 3.63) is 49.9 Å². The molecule has 6 heteroatoms. The van der Waals surface area contributed by atoms with Gasteiger partial charge in [-0.15, -0.1) is 22.7 Å². The largest absolute Gasteiger partial charge is 0.399 e. The molecule has 0 unspecified atom stereocenters. The van der Waals surface area contributed by atoms with E-state index >= 15 is 0 Å². The van der Waals surface area contributed by atoms with Crippen LogP contribution in [0.2, 0.25) is 0 Å². The first-order chi connectivity index (χ1) is 10.0. The van der Waals surface area contributed by atoms with Crippen molar-refractivity contribution in [2.45, 2.75) is 6.54 Å². The number of rotatable bonds is 3. The molecule has 3 nitrogen and oxygen atoms in total. The molecule has 0 aliphatic rings. The van der Waals surface area contributed by atoms with Crippen LogP contribution in [0.3, 0.4) is 0 Å². The number of amides is 1. The van der Waals surface area contributed by atoms with Crippen LogP contribution in [0.25, 0.3) is 10.1 Å². The van der Waals surface area contributed by atoms with Crippen LogP contribution in [-0.4, -0.2) is 17.9 Å². The van der Waals surface area contributed by atoms with E-state index in [4.69, 9.17) is 5.73 Å². The van der Waals surface area contributed by atoms with Crippen LogP contribution in [0, 0.1) is 0 Å². The maximum Gasteiger partial charge on any atom is 0.264 e. The Kier molecular flexibility index (Phi) is 4.01. The minimum atomic E-state index is 0.0390. The van der Waals surface area contributed by atoms with Crippen molar-refractivity contribution < 1.29 is 4.79 Å². The van der Waals surface area contributed by atoms with Gasteiger partial charge in [-0.25, -0.2) is 0 Å². The minimum Gasteiger partial charge on any atom is -0.399 e. The number of hydrogen-bond acceptors (Lipinski definition) is 4. The second kappa shape index (κ2) is 5.79. The van der Waals surface area contributed by atoms with E-state index in [1.807, 2.05) is 37.4 Å². The van der Waals surface area contributed by atoms with E-state index in [2.05, 4.69) is 21.3 Å². The number of hydrogen-bond donors (Lipinski definition) is 1. The van der Waals surface area contributed by atoms with Crippen molar-refractivity contribution in [1.82, 2.24) is 4.90 Å². The number of carbonyl (C=O) groups is 1. The van der Waals surface area contributed by atoms with Gasteiger partial charge in [0, 0.05) is 24.0 Å². The Morgan fingerprint density at radius 3 is 2.86 bits per heavy atom. The SMILES string of the molecule is CN(Cc1csc(Br)c1)C(=O)c1cc2cc(N)ccc2s1. The highest BCUT2D eigenvalue weighted by Crippen LogP contribution is 2.28. The van der Waals surface area contributed by atoms with Gasteiger partial charge in [-0.1, -0.05) is 0 Å². The molecule has 0 radical (unpaired) electrons. The second-order valence-corrected chi connectivity index (χ2v) is 8.20. The molecule has 0 atom stereocenters. The lowest BCUT2D eigenvalue weighted by Gasteiger charge is -2.15. The molecule has 1 aromatic carbocycles. The fourth-order valence-corrected chi connectivity index (χ4v) is 4.37. The number of nitrogen functional groups attached to an aromatic ring is 1. The third-order valence-electron chi connectivity index (χ3n) is 3.14. The van der Waals surface area contributed by atoms with Gasteiger partial charge in [0.2, 0.25) is 0 Å². The van der Waals surface area contributed by atoms with Gasteiger partial charge < -0.3 is 10.6 Å². The lowest BCUT2D eigenvalue weighted by molar-refractivity contribution is 0.0790. The van der Waals surface area contributed by atoms with E-state index in [1.54, 1.807) is 16.2 Å². The Hall–Kier alpha value is -1.37. The molecule has 0 spiro atoms. The van der Waals surface area contributed by atoms with E-state index in [9.17, 15) is 4.79 Å². The Morgan fingerprint density at radius 1 is 1.33 bits per heavy atom. The Bertz CT molecular complexity index is 809. The van der Waals surface area contributed by atoms with Gasteiger partial charge in [-0.2, -0.15) is 0 Å². The smallest absolute Gasteiger partial charge is 0.264 e. The molecule has 0 bridgehead atoms. The average Bonchev–Trinajstić information content (AvgIpc) is 3.03. The average molecular weight is 381 g/mol. The molecular formula is C15H13BrN2OS2. The molecule has 2 heterocycles. The monoisotopic (exact) mass is 380 g/mol. The van der Waals surface area contributed by atoms with E-state index in [-0.39, 0.29) is 5.91 Å². The molecule has 0 fully saturated rings. The summed E-state index contributed by atoms with van der Waals surface area (Å²) in [7, 11) is 1.83. The summed E-state index contributed by atoms with van der Waals surface area (Å²) in [6.07, 6.45) is 0. The summed E-state index contributed by atoms with van der Waals surface area (Å²) < 4.78 is 2.16. The highest BCUT2D eigenvalue weighted by Gasteiger charge is 2.15. The number of fused-ring (bicyclic) bond motifs is 1. The first-order valence-corrected chi connectivity index (χ1v) is 8.79. The van der Waals surface area contributed by atoms with Crippen molar-refractivity contribution in [2.75, 3.05) is 12.8 Å². The van der Waals surface area contributed by atoms with Crippen molar-refractivity contribution in [1.29, 1.82) is 0 Å². The van der Waals surface area contributed by atoms with E-state index in [1.165, 1.54) is 11.3 Å². The van der Waals surface area contributed by atoms with E-state index in [0.717, 1.165) is 30.0 Å². The van der Waals surface area contributed by atoms with Gasteiger partial charge in [0.25, 0.3) is 5.91 Å². The summed E-state index contributed by atoms with van der Waals surface area (Å²) in [5, 5.41) is 3.08. The Morgan fingerprint density at radius 2 is 2.14 bits per heavy atom. The van der Waals surface area contributed by atoms with Gasteiger partial charge in [-0.05, 0) is 62.6 Å². The topological polar surface area (TPSA) is 46.3 Å². The number of carbonyl (C=O) groups excluding carboxylic acids is 1. The van der Waals surface area contributed by atoms with Crippen molar-refractivity contribution >= 4 is 60.3 Å². The zero-order chi connectivity index (χ0) is 15.0. The minimum absolute atomic E-state index is 0.0390. The standard InChI is InChI=1S/C15H13BrN2OS2/c1-18(7-9-4-14(16)20-8-9)15(19)13-6-10-5-11(17)2-3-12(10)21-13/h2-6,8H,7,17H2,1H3. The normalized spacial score (nSPS) is 11.0. The Balaban J connectivity index is 1.82. The van der Waals surface area contributed by atoms with E-state index in [0.29, 0.717) is 6.54 Å². The summed E-state index contributed by atoms with van der Waals surface area (Å²) in [6.45, 7) is 0.608. The molecule has 3 rings (SSSR count). The number of thiophene rings is 2. The number of anilines is 1. The third kappa shape index (κ3) is 3.12. The van der Waals surface area contributed by atoms with Gasteiger partial charge in [-0.3, -0.25) is 4.79 Å². The van der Waals surface area contributed by atoms with Crippen LogP contribution in [0.4, 0.5) is 5.69 Å². The Labute approximate surface area is 139 Å². The lowest BCUT2D eigenvalue weighted by atomic mass is 10.2. The van der Waals surface area contributed by atoms with Crippen LogP contribution < -0.4 is 5.73 Å². The maximum atomic E-state index is 12.5. The van der Waals surface area contributed by atoms with Crippen LogP contribution in [-0.2, 0) is 6.54 Å². The fraction of sp³-hybridized carbons (Fsp3) is 0.133. The lowest BCUT2D eigenvalue weighted by Crippen LogP contribution is -2.25. The number of nitrogens with two attached hydrogens (primary N) is 1. The zero-order valence-electron chi connectivity index (χ0n) is 11.3. The summed E-state index contributed by atoms with van der Waals surface area (Å²) in [6, 6.07) is 9.68. The van der Waals surface area contributed by atoms with Crippen LogP contribution >= 0.6 is 38.6 Å². The quantitative estimate of drug-likeness (QED) is 0.675. The highest BCUT2D eigenvalue weighted by atomic mass is 79.9. The third-order valence-corrected chi connectivity index (χ3v) is 5.80. The zero-order valence-corrected chi connectivity index (χ0v) is 14.5.